The Bertz CT molecular complexity index is 132. The summed E-state index contributed by atoms with van der Waals surface area (Å²) in [6.45, 7) is 3.90. The fourth-order valence-electron chi connectivity index (χ4n) is 0.520. The zero-order valence-electron chi connectivity index (χ0n) is 6.65. The molecule has 0 spiro atoms. The second-order valence-electron chi connectivity index (χ2n) is 2.19. The average molecular weight is 208 g/mol. The van der Waals surface area contributed by atoms with Gasteiger partial charge in [-0.2, -0.15) is 0 Å². The molecular weight excluding hydrogens is 194 g/mol. The number of rotatable bonds is 3. The van der Waals surface area contributed by atoms with Crippen LogP contribution in [-0.4, -0.2) is 11.6 Å². The maximum absolute atomic E-state index is 5.66. The summed E-state index contributed by atoms with van der Waals surface area (Å²) < 4.78 is 4.58. The molecule has 0 aliphatic rings. The molecule has 0 aromatic carbocycles. The molecule has 0 aromatic heterocycles. The van der Waals surface area contributed by atoms with E-state index in [2.05, 4.69) is 15.9 Å². The van der Waals surface area contributed by atoms with E-state index in [1.165, 1.54) is 0 Å². The van der Waals surface area contributed by atoms with Crippen LogP contribution in [0.25, 0.3) is 0 Å². The van der Waals surface area contributed by atoms with Gasteiger partial charge in [0.2, 0.25) is 0 Å². The number of ether oxygens (including phenoxy) is 1. The second kappa shape index (κ2) is 3.98. The molecule has 0 rings (SSSR count). The van der Waals surface area contributed by atoms with E-state index < -0.39 is 4.51 Å². The van der Waals surface area contributed by atoms with Gasteiger partial charge in [0.05, 0.1) is 0 Å². The van der Waals surface area contributed by atoms with Crippen LogP contribution in [-0.2, 0) is 4.74 Å². The Morgan fingerprint density at radius 2 is 2.30 bits per heavy atom. The molecule has 2 N–H and O–H groups in total. The Labute approximate surface area is 70.6 Å². The lowest BCUT2D eigenvalue weighted by Gasteiger charge is -2.20. The van der Waals surface area contributed by atoms with Crippen LogP contribution in [0.2, 0.25) is 0 Å². The quantitative estimate of drug-likeness (QED) is 0.720. The smallest absolute Gasteiger partial charge is 0.158 e. The van der Waals surface area contributed by atoms with Gasteiger partial charge in [-0.1, -0.05) is 13.0 Å². The maximum Gasteiger partial charge on any atom is 0.158 e. The van der Waals surface area contributed by atoms with Crippen molar-refractivity contribution >= 4 is 15.9 Å². The minimum Gasteiger partial charge on any atom is -0.399 e. The van der Waals surface area contributed by atoms with Crippen LogP contribution in [0.1, 0.15) is 20.3 Å². The van der Waals surface area contributed by atoms with Crippen molar-refractivity contribution in [3.05, 3.63) is 11.8 Å². The Balaban J connectivity index is 4.17. The highest BCUT2D eigenvalue weighted by atomic mass is 79.9. The second-order valence-corrected chi connectivity index (χ2v) is 3.70. The Morgan fingerprint density at radius 3 is 2.60 bits per heavy atom. The third-order valence-electron chi connectivity index (χ3n) is 1.32. The van der Waals surface area contributed by atoms with Gasteiger partial charge in [-0.05, 0) is 29.3 Å². The van der Waals surface area contributed by atoms with Gasteiger partial charge in [-0.25, -0.2) is 0 Å². The number of allylic oxidation sites excluding steroid dienone is 1. The highest BCUT2D eigenvalue weighted by Crippen LogP contribution is 2.23. The zero-order chi connectivity index (χ0) is 8.20. The van der Waals surface area contributed by atoms with Gasteiger partial charge in [0.25, 0.3) is 0 Å². The molecule has 0 amide bonds. The fraction of sp³-hybridized carbons (Fsp3) is 0.714. The van der Waals surface area contributed by atoms with E-state index in [-0.39, 0.29) is 0 Å². The van der Waals surface area contributed by atoms with Crippen molar-refractivity contribution in [2.45, 2.75) is 24.8 Å². The molecule has 1 unspecified atom stereocenters. The van der Waals surface area contributed by atoms with Crippen LogP contribution in [0.5, 0.6) is 0 Å². The molecule has 0 saturated carbocycles. The monoisotopic (exact) mass is 207 g/mol. The summed E-state index contributed by atoms with van der Waals surface area (Å²) in [4.78, 5) is 0. The van der Waals surface area contributed by atoms with E-state index in [1.807, 2.05) is 19.9 Å². The first-order valence-corrected chi connectivity index (χ1v) is 4.04. The minimum atomic E-state index is -0.497. The van der Waals surface area contributed by atoms with Crippen molar-refractivity contribution in [3.8, 4) is 0 Å². The predicted octanol–water partition coefficient (Wildman–Crippen LogP) is 2.00. The number of alkyl halides is 1. The van der Waals surface area contributed by atoms with Crippen molar-refractivity contribution in [1.82, 2.24) is 0 Å². The van der Waals surface area contributed by atoms with E-state index in [0.717, 1.165) is 12.1 Å². The molecule has 0 saturated heterocycles. The van der Waals surface area contributed by atoms with E-state index in [1.54, 1.807) is 7.11 Å². The van der Waals surface area contributed by atoms with Crippen LogP contribution in [0.3, 0.4) is 0 Å². The van der Waals surface area contributed by atoms with Gasteiger partial charge in [-0.15, -0.1) is 0 Å². The lowest BCUT2D eigenvalue weighted by Crippen LogP contribution is -2.26. The molecule has 60 valence electrons. The number of hydrogen-bond donors (Lipinski definition) is 1. The highest BCUT2D eigenvalue weighted by Gasteiger charge is 2.21. The summed E-state index contributed by atoms with van der Waals surface area (Å²) in [6.07, 6.45) is 2.86. The standard InChI is InChI=1S/C7H14BrNO/c1-4-5-6(9)7(2,8)10-3/h5H,4,9H2,1-3H3/b6-5+. The molecule has 0 bridgehead atoms. The largest absolute Gasteiger partial charge is 0.399 e. The Hall–Kier alpha value is -0.0200. The van der Waals surface area contributed by atoms with Gasteiger partial charge in [0, 0.05) is 12.8 Å². The first-order valence-electron chi connectivity index (χ1n) is 3.24. The van der Waals surface area contributed by atoms with Gasteiger partial charge in [0.1, 0.15) is 0 Å². The van der Waals surface area contributed by atoms with Crippen LogP contribution < -0.4 is 5.73 Å². The number of methoxy groups -OCH3 is 1. The van der Waals surface area contributed by atoms with Crippen molar-refractivity contribution < 1.29 is 4.74 Å². The molecule has 0 aliphatic heterocycles. The van der Waals surface area contributed by atoms with E-state index in [9.17, 15) is 0 Å². The summed E-state index contributed by atoms with van der Waals surface area (Å²) in [5, 5.41) is 0. The first-order chi connectivity index (χ1) is 4.54. The van der Waals surface area contributed by atoms with Gasteiger partial charge < -0.3 is 10.5 Å². The van der Waals surface area contributed by atoms with Crippen LogP contribution in [0, 0.1) is 0 Å². The molecule has 0 heterocycles. The normalized spacial score (nSPS) is 18.6. The number of nitrogens with two attached hydrogens (primary N) is 1. The molecule has 0 aliphatic carbocycles. The van der Waals surface area contributed by atoms with Gasteiger partial charge in [0.15, 0.2) is 4.51 Å². The van der Waals surface area contributed by atoms with Crippen LogP contribution in [0.15, 0.2) is 11.8 Å². The van der Waals surface area contributed by atoms with Gasteiger partial charge in [-0.3, -0.25) is 0 Å². The average Bonchev–Trinajstić information content (AvgIpc) is 1.89. The predicted molar refractivity (Wildman–Crippen MR) is 46.9 cm³/mol. The van der Waals surface area contributed by atoms with Crippen molar-refractivity contribution in [3.63, 3.8) is 0 Å². The molecule has 0 fully saturated rings. The fourth-order valence-corrected chi connectivity index (χ4v) is 0.682. The Kier molecular flexibility index (Phi) is 3.98. The topological polar surface area (TPSA) is 35.2 Å². The summed E-state index contributed by atoms with van der Waals surface area (Å²) >= 11 is 3.33. The first kappa shape index (κ1) is 9.98. The van der Waals surface area contributed by atoms with E-state index >= 15 is 0 Å². The molecule has 1 atom stereocenters. The van der Waals surface area contributed by atoms with Gasteiger partial charge >= 0.3 is 0 Å². The van der Waals surface area contributed by atoms with Crippen LogP contribution in [0.4, 0.5) is 0 Å². The SMILES string of the molecule is CC/C=C(/N)C(C)(Br)OC. The molecular formula is C7H14BrNO. The number of hydrogen-bond acceptors (Lipinski definition) is 2. The minimum absolute atomic E-state index is 0.497. The third kappa shape index (κ3) is 2.71. The zero-order valence-corrected chi connectivity index (χ0v) is 8.23. The summed E-state index contributed by atoms with van der Waals surface area (Å²) in [5.41, 5.74) is 6.38. The maximum atomic E-state index is 5.66. The lowest BCUT2D eigenvalue weighted by molar-refractivity contribution is 0.122. The van der Waals surface area contributed by atoms with Crippen molar-refractivity contribution in [2.75, 3.05) is 7.11 Å². The third-order valence-corrected chi connectivity index (χ3v) is 2.10. The summed E-state index contributed by atoms with van der Waals surface area (Å²) in [5.74, 6) is 0. The van der Waals surface area contributed by atoms with Crippen molar-refractivity contribution in [1.29, 1.82) is 0 Å². The molecule has 3 heteroatoms. The summed E-state index contributed by atoms with van der Waals surface area (Å²) in [7, 11) is 1.62. The van der Waals surface area contributed by atoms with Crippen LogP contribution >= 0.6 is 15.9 Å². The van der Waals surface area contributed by atoms with E-state index in [4.69, 9.17) is 10.5 Å². The molecule has 0 radical (unpaired) electrons. The molecule has 0 aromatic rings. The Morgan fingerprint density at radius 1 is 1.80 bits per heavy atom. The summed E-state index contributed by atoms with van der Waals surface area (Å²) in [6, 6.07) is 0. The molecule has 10 heavy (non-hydrogen) atoms. The lowest BCUT2D eigenvalue weighted by atomic mass is 10.2. The highest BCUT2D eigenvalue weighted by molar-refractivity contribution is 9.10. The number of halogens is 1. The van der Waals surface area contributed by atoms with Crippen molar-refractivity contribution in [2.24, 2.45) is 5.73 Å². The molecule has 2 nitrogen and oxygen atoms in total. The van der Waals surface area contributed by atoms with E-state index in [0.29, 0.717) is 0 Å².